The van der Waals surface area contributed by atoms with Gasteiger partial charge in [0.2, 0.25) is 0 Å². The van der Waals surface area contributed by atoms with E-state index in [4.69, 9.17) is 5.73 Å². The fourth-order valence-electron chi connectivity index (χ4n) is 3.37. The maximum atomic E-state index is 12.6. The van der Waals surface area contributed by atoms with Crippen molar-refractivity contribution >= 4 is 0 Å². The van der Waals surface area contributed by atoms with E-state index in [0.29, 0.717) is 12.6 Å². The highest BCUT2D eigenvalue weighted by Gasteiger charge is 2.29. The highest BCUT2D eigenvalue weighted by atomic mass is 19.3. The highest BCUT2D eigenvalue weighted by Crippen LogP contribution is 2.34. The topological polar surface area (TPSA) is 38.5 Å². The zero-order chi connectivity index (χ0) is 15.2. The molecule has 1 saturated carbocycles. The van der Waals surface area contributed by atoms with E-state index in [1.807, 2.05) is 12.1 Å². The lowest BCUT2D eigenvalue weighted by atomic mass is 10.0. The summed E-state index contributed by atoms with van der Waals surface area (Å²) in [6.07, 6.45) is 4.77. The average molecular weight is 298 g/mol. The van der Waals surface area contributed by atoms with Crippen molar-refractivity contribution in [1.29, 1.82) is 0 Å². The quantitative estimate of drug-likeness (QED) is 0.836. The van der Waals surface area contributed by atoms with Gasteiger partial charge >= 0.3 is 6.61 Å². The number of hydrogen-bond acceptors (Lipinski definition) is 3. The minimum atomic E-state index is -2.81. The molecule has 0 heterocycles. The molecule has 3 nitrogen and oxygen atoms in total. The molecule has 1 fully saturated rings. The Labute approximate surface area is 125 Å². The van der Waals surface area contributed by atoms with Gasteiger partial charge in [0.05, 0.1) is 6.04 Å². The third-order valence-corrected chi connectivity index (χ3v) is 4.28. The van der Waals surface area contributed by atoms with Crippen molar-refractivity contribution < 1.29 is 13.5 Å². The molecule has 0 saturated heterocycles. The molecule has 1 atom stereocenters. The first-order valence-electron chi connectivity index (χ1n) is 7.67. The molecule has 0 amide bonds. The van der Waals surface area contributed by atoms with Crippen LogP contribution in [-0.2, 0) is 0 Å². The first-order valence-corrected chi connectivity index (χ1v) is 7.67. The van der Waals surface area contributed by atoms with Crippen LogP contribution in [0.5, 0.6) is 5.75 Å². The van der Waals surface area contributed by atoms with Gasteiger partial charge in [-0.1, -0.05) is 38.0 Å². The first-order chi connectivity index (χ1) is 10.2. The molecule has 2 rings (SSSR count). The van der Waals surface area contributed by atoms with E-state index in [0.717, 1.165) is 24.9 Å². The lowest BCUT2D eigenvalue weighted by molar-refractivity contribution is -0.0513. The Morgan fingerprint density at radius 1 is 1.29 bits per heavy atom. The van der Waals surface area contributed by atoms with Gasteiger partial charge in [-0.25, -0.2) is 0 Å². The summed E-state index contributed by atoms with van der Waals surface area (Å²) in [5, 5.41) is 0. The number of benzene rings is 1. The number of alkyl halides is 2. The summed E-state index contributed by atoms with van der Waals surface area (Å²) in [7, 11) is 0. The van der Waals surface area contributed by atoms with Crippen molar-refractivity contribution in [3.05, 3.63) is 29.8 Å². The van der Waals surface area contributed by atoms with Crippen LogP contribution in [0.3, 0.4) is 0 Å². The number of halogens is 2. The predicted molar refractivity (Wildman–Crippen MR) is 79.5 cm³/mol. The Bertz CT molecular complexity index is 436. The second-order valence-corrected chi connectivity index (χ2v) is 5.44. The Hall–Kier alpha value is -1.20. The second-order valence-electron chi connectivity index (χ2n) is 5.44. The minimum Gasteiger partial charge on any atom is -0.434 e. The van der Waals surface area contributed by atoms with E-state index in [9.17, 15) is 8.78 Å². The van der Waals surface area contributed by atoms with Gasteiger partial charge in [0.15, 0.2) is 0 Å². The SMILES string of the molecule is CCN(C1CCCC1)C(CN)c1ccccc1OC(F)F. The van der Waals surface area contributed by atoms with Crippen molar-refractivity contribution in [2.24, 2.45) is 5.73 Å². The number of rotatable bonds is 7. The maximum Gasteiger partial charge on any atom is 0.387 e. The van der Waals surface area contributed by atoms with Crippen LogP contribution >= 0.6 is 0 Å². The summed E-state index contributed by atoms with van der Waals surface area (Å²) in [4.78, 5) is 2.33. The summed E-state index contributed by atoms with van der Waals surface area (Å²) < 4.78 is 29.8. The predicted octanol–water partition coefficient (Wildman–Crippen LogP) is 3.55. The monoisotopic (exact) mass is 298 g/mol. The summed E-state index contributed by atoms with van der Waals surface area (Å²) in [6, 6.07) is 7.40. The summed E-state index contributed by atoms with van der Waals surface area (Å²) in [5.74, 6) is 0.236. The standard InChI is InChI=1S/C16H24F2N2O/c1-2-20(12-7-3-4-8-12)14(11-19)13-9-5-6-10-15(13)21-16(17)18/h5-6,9-10,12,14,16H,2-4,7-8,11,19H2,1H3. The summed E-state index contributed by atoms with van der Waals surface area (Å²) in [5.41, 5.74) is 6.72. The lowest BCUT2D eigenvalue weighted by Crippen LogP contribution is -2.40. The van der Waals surface area contributed by atoms with Crippen molar-refractivity contribution in [1.82, 2.24) is 4.90 Å². The molecule has 0 bridgehead atoms. The van der Waals surface area contributed by atoms with Gasteiger partial charge in [0.1, 0.15) is 5.75 Å². The van der Waals surface area contributed by atoms with E-state index >= 15 is 0 Å². The molecule has 0 aliphatic heterocycles. The number of nitrogens with two attached hydrogens (primary N) is 1. The molecule has 1 aromatic carbocycles. The van der Waals surface area contributed by atoms with Crippen LogP contribution in [0.1, 0.15) is 44.2 Å². The lowest BCUT2D eigenvalue weighted by Gasteiger charge is -2.36. The van der Waals surface area contributed by atoms with Crippen LogP contribution in [0, 0.1) is 0 Å². The molecule has 0 aromatic heterocycles. The highest BCUT2D eigenvalue weighted by molar-refractivity contribution is 5.36. The molecule has 1 aromatic rings. The van der Waals surface area contributed by atoms with Gasteiger partial charge in [0, 0.05) is 18.2 Å². The molecule has 0 spiro atoms. The normalized spacial score (nSPS) is 17.6. The van der Waals surface area contributed by atoms with Crippen LogP contribution in [0.4, 0.5) is 8.78 Å². The molecular formula is C16H24F2N2O. The zero-order valence-electron chi connectivity index (χ0n) is 12.5. The molecule has 5 heteroatoms. The van der Waals surface area contributed by atoms with Gasteiger partial charge in [-0.3, -0.25) is 4.90 Å². The van der Waals surface area contributed by atoms with Crippen LogP contribution in [0.15, 0.2) is 24.3 Å². The van der Waals surface area contributed by atoms with E-state index in [1.165, 1.54) is 12.8 Å². The Balaban J connectivity index is 2.26. The zero-order valence-corrected chi connectivity index (χ0v) is 12.5. The van der Waals surface area contributed by atoms with Crippen LogP contribution in [0.25, 0.3) is 0 Å². The average Bonchev–Trinajstić information content (AvgIpc) is 2.99. The summed E-state index contributed by atoms with van der Waals surface area (Å²) in [6.45, 7) is 0.535. The Kier molecular flexibility index (Phi) is 5.94. The van der Waals surface area contributed by atoms with E-state index in [1.54, 1.807) is 12.1 Å². The number of ether oxygens (including phenoxy) is 1. The smallest absolute Gasteiger partial charge is 0.387 e. The molecular weight excluding hydrogens is 274 g/mol. The van der Waals surface area contributed by atoms with Crippen molar-refractivity contribution in [3.63, 3.8) is 0 Å². The Morgan fingerprint density at radius 3 is 2.52 bits per heavy atom. The van der Waals surface area contributed by atoms with Crippen molar-refractivity contribution in [2.45, 2.75) is 51.3 Å². The van der Waals surface area contributed by atoms with Gasteiger partial charge in [0.25, 0.3) is 0 Å². The second kappa shape index (κ2) is 7.71. The molecule has 1 unspecified atom stereocenters. The van der Waals surface area contributed by atoms with E-state index < -0.39 is 6.61 Å². The number of hydrogen-bond donors (Lipinski definition) is 1. The molecule has 0 radical (unpaired) electrons. The van der Waals surface area contributed by atoms with Gasteiger partial charge in [-0.05, 0) is 25.5 Å². The van der Waals surface area contributed by atoms with Crippen LogP contribution < -0.4 is 10.5 Å². The number of likely N-dealkylation sites (N-methyl/N-ethyl adjacent to an activating group) is 1. The summed E-state index contributed by atoms with van der Waals surface area (Å²) >= 11 is 0. The van der Waals surface area contributed by atoms with Gasteiger partial charge in [-0.15, -0.1) is 0 Å². The van der Waals surface area contributed by atoms with Crippen LogP contribution in [0.2, 0.25) is 0 Å². The van der Waals surface area contributed by atoms with Crippen molar-refractivity contribution in [2.75, 3.05) is 13.1 Å². The minimum absolute atomic E-state index is 0.0759. The fourth-order valence-corrected chi connectivity index (χ4v) is 3.37. The van der Waals surface area contributed by atoms with Crippen LogP contribution in [-0.4, -0.2) is 30.6 Å². The molecule has 1 aliphatic carbocycles. The van der Waals surface area contributed by atoms with Gasteiger partial charge < -0.3 is 10.5 Å². The molecule has 1 aliphatic rings. The van der Waals surface area contributed by atoms with Gasteiger partial charge in [-0.2, -0.15) is 8.78 Å². The number of nitrogens with zero attached hydrogens (tertiary/aromatic N) is 1. The third kappa shape index (κ3) is 3.92. The van der Waals surface area contributed by atoms with E-state index in [2.05, 4.69) is 16.6 Å². The number of para-hydroxylation sites is 1. The molecule has 2 N–H and O–H groups in total. The fraction of sp³-hybridized carbons (Fsp3) is 0.625. The van der Waals surface area contributed by atoms with E-state index in [-0.39, 0.29) is 11.8 Å². The largest absolute Gasteiger partial charge is 0.434 e. The maximum absolute atomic E-state index is 12.6. The third-order valence-electron chi connectivity index (χ3n) is 4.28. The van der Waals surface area contributed by atoms with Crippen molar-refractivity contribution in [3.8, 4) is 5.75 Å². The molecule has 21 heavy (non-hydrogen) atoms. The first kappa shape index (κ1) is 16.2. The Morgan fingerprint density at radius 2 is 1.95 bits per heavy atom. The molecule has 118 valence electrons.